The number of hydrogen-bond acceptors (Lipinski definition) is 2. The SMILES string of the molecule is CCc1ccc(C(CC(C)N)N(C)C)cc1. The highest BCUT2D eigenvalue weighted by Crippen LogP contribution is 2.23. The summed E-state index contributed by atoms with van der Waals surface area (Å²) in [4.78, 5) is 2.24. The zero-order valence-corrected chi connectivity index (χ0v) is 10.9. The van der Waals surface area contributed by atoms with Crippen LogP contribution in [-0.4, -0.2) is 25.0 Å². The van der Waals surface area contributed by atoms with E-state index in [9.17, 15) is 0 Å². The standard InChI is InChI=1S/C14H24N2/c1-5-12-6-8-13(9-7-12)14(16(3)4)10-11(2)15/h6-9,11,14H,5,10,15H2,1-4H3. The molecule has 1 aromatic rings. The van der Waals surface area contributed by atoms with E-state index in [-0.39, 0.29) is 6.04 Å². The highest BCUT2D eigenvalue weighted by molar-refractivity contribution is 5.25. The molecule has 2 N–H and O–H groups in total. The number of aryl methyl sites for hydroxylation is 1. The van der Waals surface area contributed by atoms with Crippen molar-refractivity contribution in [2.45, 2.75) is 38.8 Å². The predicted molar refractivity (Wildman–Crippen MR) is 70.5 cm³/mol. The Morgan fingerprint density at radius 1 is 1.19 bits per heavy atom. The number of nitrogens with zero attached hydrogens (tertiary/aromatic N) is 1. The Balaban J connectivity index is 2.84. The van der Waals surface area contributed by atoms with E-state index in [0.717, 1.165) is 12.8 Å². The van der Waals surface area contributed by atoms with Gasteiger partial charge in [-0.2, -0.15) is 0 Å². The zero-order valence-electron chi connectivity index (χ0n) is 10.9. The van der Waals surface area contributed by atoms with Gasteiger partial charge in [0.1, 0.15) is 0 Å². The van der Waals surface area contributed by atoms with Gasteiger partial charge in [-0.1, -0.05) is 31.2 Å². The van der Waals surface area contributed by atoms with Gasteiger partial charge in [-0.15, -0.1) is 0 Å². The van der Waals surface area contributed by atoms with Crippen molar-refractivity contribution < 1.29 is 0 Å². The lowest BCUT2D eigenvalue weighted by molar-refractivity contribution is 0.272. The molecule has 16 heavy (non-hydrogen) atoms. The van der Waals surface area contributed by atoms with Crippen LogP contribution in [0.4, 0.5) is 0 Å². The third-order valence-corrected chi connectivity index (χ3v) is 2.99. The van der Waals surface area contributed by atoms with Gasteiger partial charge in [0, 0.05) is 12.1 Å². The second-order valence-corrected chi connectivity index (χ2v) is 4.79. The highest BCUT2D eigenvalue weighted by atomic mass is 15.1. The van der Waals surface area contributed by atoms with Crippen molar-refractivity contribution in [2.24, 2.45) is 5.73 Å². The Bertz CT molecular complexity index is 301. The largest absolute Gasteiger partial charge is 0.328 e. The van der Waals surface area contributed by atoms with Crippen LogP contribution in [0.3, 0.4) is 0 Å². The molecule has 2 unspecified atom stereocenters. The van der Waals surface area contributed by atoms with Crippen LogP contribution in [-0.2, 0) is 6.42 Å². The van der Waals surface area contributed by atoms with E-state index in [2.05, 4.69) is 57.1 Å². The summed E-state index contributed by atoms with van der Waals surface area (Å²) in [6.45, 7) is 4.25. The predicted octanol–water partition coefficient (Wildman–Crippen LogP) is 2.59. The quantitative estimate of drug-likeness (QED) is 0.826. The first-order chi connectivity index (χ1) is 7.54. The van der Waals surface area contributed by atoms with E-state index in [1.54, 1.807) is 0 Å². The maximum Gasteiger partial charge on any atom is 0.0356 e. The lowest BCUT2D eigenvalue weighted by Crippen LogP contribution is -2.27. The lowest BCUT2D eigenvalue weighted by atomic mass is 9.98. The van der Waals surface area contributed by atoms with Crippen LogP contribution in [0.15, 0.2) is 24.3 Å². The summed E-state index contributed by atoms with van der Waals surface area (Å²) in [6.07, 6.45) is 2.10. The van der Waals surface area contributed by atoms with Gasteiger partial charge < -0.3 is 10.6 Å². The Kier molecular flexibility index (Phi) is 4.97. The summed E-state index contributed by atoms with van der Waals surface area (Å²) in [5.41, 5.74) is 8.65. The summed E-state index contributed by atoms with van der Waals surface area (Å²) in [5, 5.41) is 0. The molecule has 0 aliphatic heterocycles. The molecule has 2 atom stereocenters. The van der Waals surface area contributed by atoms with E-state index >= 15 is 0 Å². The first kappa shape index (κ1) is 13.2. The van der Waals surface area contributed by atoms with Gasteiger partial charge in [-0.05, 0) is 45.0 Å². The van der Waals surface area contributed by atoms with Crippen molar-refractivity contribution in [1.29, 1.82) is 0 Å². The molecule has 0 radical (unpaired) electrons. The number of nitrogens with two attached hydrogens (primary N) is 1. The van der Waals surface area contributed by atoms with Crippen molar-refractivity contribution in [3.05, 3.63) is 35.4 Å². The summed E-state index contributed by atoms with van der Waals surface area (Å²) in [6, 6.07) is 9.54. The van der Waals surface area contributed by atoms with Crippen molar-refractivity contribution in [3.63, 3.8) is 0 Å². The van der Waals surface area contributed by atoms with E-state index in [4.69, 9.17) is 5.73 Å². The molecule has 0 aliphatic rings. The van der Waals surface area contributed by atoms with Crippen molar-refractivity contribution >= 4 is 0 Å². The molecule has 0 spiro atoms. The van der Waals surface area contributed by atoms with Crippen LogP contribution in [0.5, 0.6) is 0 Å². The van der Waals surface area contributed by atoms with E-state index in [1.807, 2.05) is 0 Å². The van der Waals surface area contributed by atoms with E-state index in [1.165, 1.54) is 11.1 Å². The van der Waals surface area contributed by atoms with Gasteiger partial charge in [0.15, 0.2) is 0 Å². The Morgan fingerprint density at radius 2 is 1.75 bits per heavy atom. The summed E-state index contributed by atoms with van der Waals surface area (Å²) in [5.74, 6) is 0. The Labute approximate surface area is 99.5 Å². The molecule has 2 nitrogen and oxygen atoms in total. The second-order valence-electron chi connectivity index (χ2n) is 4.79. The molecule has 1 aromatic carbocycles. The molecule has 0 amide bonds. The molecule has 0 heterocycles. The molecule has 0 bridgehead atoms. The number of benzene rings is 1. The average molecular weight is 220 g/mol. The van der Waals surface area contributed by atoms with Gasteiger partial charge in [0.2, 0.25) is 0 Å². The summed E-state index contributed by atoms with van der Waals surface area (Å²) < 4.78 is 0. The fourth-order valence-corrected chi connectivity index (χ4v) is 1.97. The summed E-state index contributed by atoms with van der Waals surface area (Å²) in [7, 11) is 4.22. The molecule has 90 valence electrons. The molecule has 0 fully saturated rings. The first-order valence-corrected chi connectivity index (χ1v) is 6.05. The van der Waals surface area contributed by atoms with Crippen LogP contribution in [0, 0.1) is 0 Å². The van der Waals surface area contributed by atoms with Gasteiger partial charge in [0.05, 0.1) is 0 Å². The fraction of sp³-hybridized carbons (Fsp3) is 0.571. The minimum Gasteiger partial charge on any atom is -0.328 e. The molecule has 0 saturated carbocycles. The third-order valence-electron chi connectivity index (χ3n) is 2.99. The zero-order chi connectivity index (χ0) is 12.1. The van der Waals surface area contributed by atoms with Gasteiger partial charge in [0.25, 0.3) is 0 Å². The van der Waals surface area contributed by atoms with Crippen LogP contribution in [0.25, 0.3) is 0 Å². The maximum atomic E-state index is 5.90. The van der Waals surface area contributed by atoms with Crippen LogP contribution < -0.4 is 5.73 Å². The minimum atomic E-state index is 0.234. The van der Waals surface area contributed by atoms with Crippen molar-refractivity contribution in [2.75, 3.05) is 14.1 Å². The monoisotopic (exact) mass is 220 g/mol. The molecular weight excluding hydrogens is 196 g/mol. The molecule has 0 aromatic heterocycles. The Hall–Kier alpha value is -0.860. The van der Waals surface area contributed by atoms with Gasteiger partial charge in [-0.3, -0.25) is 0 Å². The van der Waals surface area contributed by atoms with Gasteiger partial charge >= 0.3 is 0 Å². The molecule has 0 aliphatic carbocycles. The van der Waals surface area contributed by atoms with Gasteiger partial charge in [-0.25, -0.2) is 0 Å². The van der Waals surface area contributed by atoms with Crippen molar-refractivity contribution in [3.8, 4) is 0 Å². The van der Waals surface area contributed by atoms with E-state index in [0.29, 0.717) is 6.04 Å². The minimum absolute atomic E-state index is 0.234. The Morgan fingerprint density at radius 3 is 2.12 bits per heavy atom. The van der Waals surface area contributed by atoms with Crippen LogP contribution in [0.1, 0.15) is 37.4 Å². The molecular formula is C14H24N2. The summed E-state index contributed by atoms with van der Waals surface area (Å²) >= 11 is 0. The normalized spacial score (nSPS) is 15.1. The topological polar surface area (TPSA) is 29.3 Å². The molecule has 1 rings (SSSR count). The smallest absolute Gasteiger partial charge is 0.0356 e. The third kappa shape index (κ3) is 3.62. The number of hydrogen-bond donors (Lipinski definition) is 1. The first-order valence-electron chi connectivity index (χ1n) is 6.05. The van der Waals surface area contributed by atoms with Crippen molar-refractivity contribution in [1.82, 2.24) is 4.90 Å². The average Bonchev–Trinajstić information content (AvgIpc) is 2.25. The molecule has 0 saturated heterocycles. The van der Waals surface area contributed by atoms with E-state index < -0.39 is 0 Å². The molecule has 2 heteroatoms. The fourth-order valence-electron chi connectivity index (χ4n) is 1.97. The highest BCUT2D eigenvalue weighted by Gasteiger charge is 2.15. The van der Waals surface area contributed by atoms with Crippen LogP contribution >= 0.6 is 0 Å². The maximum absolute atomic E-state index is 5.90. The number of rotatable bonds is 5. The van der Waals surface area contributed by atoms with Crippen LogP contribution in [0.2, 0.25) is 0 Å². The second kappa shape index (κ2) is 6.02. The lowest BCUT2D eigenvalue weighted by Gasteiger charge is -2.26.